The molecule has 9 nitrogen and oxygen atoms in total. The average molecular weight is 443 g/mol. The van der Waals surface area contributed by atoms with Crippen molar-refractivity contribution in [2.75, 3.05) is 18.4 Å². The molecule has 3 N–H and O–H groups in total. The number of sulfonamides is 1. The van der Waals surface area contributed by atoms with E-state index in [2.05, 4.69) is 30.0 Å². The molecule has 11 heteroatoms. The van der Waals surface area contributed by atoms with E-state index in [0.29, 0.717) is 35.2 Å². The molecule has 0 bridgehead atoms. The lowest BCUT2D eigenvalue weighted by atomic mass is 10.2. The average Bonchev–Trinajstić information content (AvgIpc) is 3.10. The predicted octanol–water partition coefficient (Wildman–Crippen LogP) is 2.14. The summed E-state index contributed by atoms with van der Waals surface area (Å²) in [6.07, 6.45) is 3.37. The normalized spacial score (nSPS) is 11.6. The highest BCUT2D eigenvalue weighted by Gasteiger charge is 2.20. The molecule has 0 amide bonds. The summed E-state index contributed by atoms with van der Waals surface area (Å²) in [6, 6.07) is 11.3. The molecule has 0 atom stereocenters. The molecule has 0 unspecified atom stereocenters. The first-order chi connectivity index (χ1) is 14.4. The van der Waals surface area contributed by atoms with Gasteiger partial charge in [0.1, 0.15) is 5.82 Å². The SMILES string of the molecule is Cc1[nH]c(=O)sc1S(=O)(=O)NCCNc1nc(-c2cccnc2)nc2ccccc12. The lowest BCUT2D eigenvalue weighted by Crippen LogP contribution is -2.29. The van der Waals surface area contributed by atoms with Gasteiger partial charge >= 0.3 is 4.87 Å². The van der Waals surface area contributed by atoms with Gasteiger partial charge in [0.2, 0.25) is 0 Å². The van der Waals surface area contributed by atoms with Crippen molar-refractivity contribution in [3.63, 3.8) is 0 Å². The van der Waals surface area contributed by atoms with Crippen molar-refractivity contribution in [1.29, 1.82) is 0 Å². The van der Waals surface area contributed by atoms with Gasteiger partial charge in [-0.25, -0.2) is 23.1 Å². The van der Waals surface area contributed by atoms with Gasteiger partial charge in [-0.15, -0.1) is 0 Å². The lowest BCUT2D eigenvalue weighted by molar-refractivity contribution is 0.584. The number of hydrogen-bond acceptors (Lipinski definition) is 8. The fourth-order valence-electron chi connectivity index (χ4n) is 2.91. The molecule has 3 aromatic heterocycles. The molecule has 0 aliphatic rings. The number of anilines is 1. The first kappa shape index (κ1) is 20.1. The number of benzene rings is 1. The number of fused-ring (bicyclic) bond motifs is 1. The van der Waals surface area contributed by atoms with Gasteiger partial charge in [-0.2, -0.15) is 0 Å². The predicted molar refractivity (Wildman–Crippen MR) is 116 cm³/mol. The molecule has 154 valence electrons. The van der Waals surface area contributed by atoms with Gasteiger partial charge in [-0.1, -0.05) is 23.5 Å². The zero-order chi connectivity index (χ0) is 21.1. The third kappa shape index (κ3) is 4.22. The third-order valence-electron chi connectivity index (χ3n) is 4.26. The van der Waals surface area contributed by atoms with Gasteiger partial charge in [0.25, 0.3) is 10.0 Å². The number of para-hydroxylation sites is 1. The number of aromatic amines is 1. The highest BCUT2D eigenvalue weighted by atomic mass is 32.2. The molecular formula is C19H18N6O3S2. The van der Waals surface area contributed by atoms with E-state index < -0.39 is 14.9 Å². The number of thiazole rings is 1. The van der Waals surface area contributed by atoms with E-state index >= 15 is 0 Å². The van der Waals surface area contributed by atoms with Crippen molar-refractivity contribution in [2.45, 2.75) is 11.1 Å². The maximum atomic E-state index is 12.4. The Bertz CT molecular complexity index is 1350. The fraction of sp³-hybridized carbons (Fsp3) is 0.158. The summed E-state index contributed by atoms with van der Waals surface area (Å²) in [5.41, 5.74) is 1.88. The van der Waals surface area contributed by atoms with Gasteiger partial charge in [-0.05, 0) is 31.2 Å². The number of rotatable bonds is 7. The van der Waals surface area contributed by atoms with E-state index in [1.54, 1.807) is 19.3 Å². The van der Waals surface area contributed by atoms with E-state index in [1.807, 2.05) is 36.4 Å². The standard InChI is InChI=1S/C19H18N6O3S2/c1-12-18(29-19(26)23-12)30(27,28)22-10-9-21-17-14-6-2-3-7-15(14)24-16(25-17)13-5-4-8-20-11-13/h2-8,11,22H,9-10H2,1H3,(H,23,26)(H,21,24,25). The van der Waals surface area contributed by atoms with Gasteiger partial charge in [0.05, 0.1) is 5.52 Å². The molecule has 1 aromatic carbocycles. The Morgan fingerprint density at radius 2 is 1.93 bits per heavy atom. The first-order valence-electron chi connectivity index (χ1n) is 9.04. The summed E-state index contributed by atoms with van der Waals surface area (Å²) >= 11 is 0.669. The van der Waals surface area contributed by atoms with Crippen LogP contribution in [0.1, 0.15) is 5.69 Å². The van der Waals surface area contributed by atoms with Crippen molar-refractivity contribution in [1.82, 2.24) is 24.7 Å². The fourth-order valence-corrected chi connectivity index (χ4v) is 5.29. The van der Waals surface area contributed by atoms with Gasteiger partial charge in [0.15, 0.2) is 10.0 Å². The molecule has 0 fully saturated rings. The van der Waals surface area contributed by atoms with Crippen LogP contribution < -0.4 is 14.9 Å². The van der Waals surface area contributed by atoms with Crippen molar-refractivity contribution < 1.29 is 8.42 Å². The van der Waals surface area contributed by atoms with Crippen LogP contribution >= 0.6 is 11.3 Å². The third-order valence-corrected chi connectivity index (χ3v) is 7.32. The van der Waals surface area contributed by atoms with E-state index in [-0.39, 0.29) is 10.8 Å². The molecule has 30 heavy (non-hydrogen) atoms. The van der Waals surface area contributed by atoms with Crippen LogP contribution in [-0.2, 0) is 10.0 Å². The van der Waals surface area contributed by atoms with Gasteiger partial charge < -0.3 is 10.3 Å². The number of hydrogen-bond donors (Lipinski definition) is 3. The molecular weight excluding hydrogens is 424 g/mol. The van der Waals surface area contributed by atoms with Crippen LogP contribution in [0.5, 0.6) is 0 Å². The van der Waals surface area contributed by atoms with Crippen LogP contribution in [0.2, 0.25) is 0 Å². The summed E-state index contributed by atoms with van der Waals surface area (Å²) in [5.74, 6) is 1.12. The first-order valence-corrected chi connectivity index (χ1v) is 11.3. The van der Waals surface area contributed by atoms with Crippen molar-refractivity contribution in [3.8, 4) is 11.4 Å². The highest BCUT2D eigenvalue weighted by molar-refractivity contribution is 7.91. The molecule has 3 heterocycles. The van der Waals surface area contributed by atoms with Crippen LogP contribution in [0.15, 0.2) is 57.8 Å². The van der Waals surface area contributed by atoms with Gasteiger partial charge in [0, 0.05) is 42.1 Å². The Kier molecular flexibility index (Phi) is 5.57. The number of pyridine rings is 1. The van der Waals surface area contributed by atoms with Crippen LogP contribution in [0.4, 0.5) is 5.82 Å². The van der Waals surface area contributed by atoms with Crippen LogP contribution in [0, 0.1) is 6.92 Å². The van der Waals surface area contributed by atoms with Crippen molar-refractivity contribution in [2.24, 2.45) is 0 Å². The Morgan fingerprint density at radius 3 is 2.67 bits per heavy atom. The second-order valence-corrected chi connectivity index (χ2v) is 9.35. The van der Waals surface area contributed by atoms with Crippen LogP contribution in [0.3, 0.4) is 0 Å². The number of nitrogens with zero attached hydrogens (tertiary/aromatic N) is 3. The quantitative estimate of drug-likeness (QED) is 0.374. The molecule has 4 rings (SSSR count). The summed E-state index contributed by atoms with van der Waals surface area (Å²) in [6.45, 7) is 1.97. The zero-order valence-electron chi connectivity index (χ0n) is 15.9. The molecule has 0 aliphatic carbocycles. The number of H-pyrrole nitrogens is 1. The monoisotopic (exact) mass is 442 g/mol. The Morgan fingerprint density at radius 1 is 1.10 bits per heavy atom. The molecule has 0 saturated carbocycles. The van der Waals surface area contributed by atoms with Crippen LogP contribution in [0.25, 0.3) is 22.3 Å². The van der Waals surface area contributed by atoms with E-state index in [9.17, 15) is 13.2 Å². The Labute approximate surface area is 176 Å². The van der Waals surface area contributed by atoms with Crippen LogP contribution in [-0.4, -0.2) is 41.4 Å². The summed E-state index contributed by atoms with van der Waals surface area (Å²) in [4.78, 5) is 26.8. The summed E-state index contributed by atoms with van der Waals surface area (Å²) in [7, 11) is -3.76. The lowest BCUT2D eigenvalue weighted by Gasteiger charge is -2.11. The second-order valence-electron chi connectivity index (χ2n) is 6.41. The summed E-state index contributed by atoms with van der Waals surface area (Å²) in [5, 5.41) is 4.00. The second kappa shape index (κ2) is 8.30. The number of nitrogens with one attached hydrogen (secondary N) is 3. The Balaban J connectivity index is 1.52. The zero-order valence-corrected chi connectivity index (χ0v) is 17.5. The number of aryl methyl sites for hydroxylation is 1. The maximum absolute atomic E-state index is 12.4. The molecule has 0 radical (unpaired) electrons. The highest BCUT2D eigenvalue weighted by Crippen LogP contribution is 2.24. The largest absolute Gasteiger partial charge is 0.368 e. The minimum atomic E-state index is -3.76. The van der Waals surface area contributed by atoms with Crippen molar-refractivity contribution >= 4 is 38.1 Å². The van der Waals surface area contributed by atoms with E-state index in [0.717, 1.165) is 16.5 Å². The smallest absolute Gasteiger partial charge is 0.305 e. The number of aromatic nitrogens is 4. The summed E-state index contributed by atoms with van der Waals surface area (Å²) < 4.78 is 27.3. The van der Waals surface area contributed by atoms with Gasteiger partial charge in [-0.3, -0.25) is 9.78 Å². The van der Waals surface area contributed by atoms with E-state index in [4.69, 9.17) is 0 Å². The molecule has 4 aromatic rings. The topological polar surface area (TPSA) is 130 Å². The maximum Gasteiger partial charge on any atom is 0.305 e. The molecule has 0 saturated heterocycles. The minimum absolute atomic E-state index is 0.00107. The van der Waals surface area contributed by atoms with Crippen molar-refractivity contribution in [3.05, 3.63) is 64.2 Å². The van der Waals surface area contributed by atoms with E-state index in [1.165, 1.54) is 0 Å². The minimum Gasteiger partial charge on any atom is -0.368 e. The molecule has 0 aliphatic heterocycles. The molecule has 0 spiro atoms. The Hall–Kier alpha value is -3.15.